The highest BCUT2D eigenvalue weighted by molar-refractivity contribution is 7.91. The number of aromatic nitrogens is 1. The van der Waals surface area contributed by atoms with Gasteiger partial charge in [0, 0.05) is 50.1 Å². The van der Waals surface area contributed by atoms with Gasteiger partial charge in [-0.2, -0.15) is 5.26 Å². The van der Waals surface area contributed by atoms with Gasteiger partial charge in [0.05, 0.1) is 27.2 Å². The number of carbonyl (C=O) groups excluding carboxylic acids is 1. The molecule has 2 atom stereocenters. The Bertz CT molecular complexity index is 1610. The van der Waals surface area contributed by atoms with E-state index in [0.717, 1.165) is 82.5 Å². The van der Waals surface area contributed by atoms with Crippen molar-refractivity contribution in [2.45, 2.75) is 73.2 Å². The monoisotopic (exact) mass is 640 g/mol. The SMILES string of the molecule is CCC[C@H](CC(C#N)(c1ccccc1)C1CCN(CC2CN(c3ccc(S(=O)(=O)c4ccncc4)cc3)C2)CC1)OC(=O)C1CC1. The number of benzene rings is 2. The Kier molecular flexibility index (Phi) is 9.76. The van der Waals surface area contributed by atoms with E-state index in [4.69, 9.17) is 4.74 Å². The van der Waals surface area contributed by atoms with E-state index in [-0.39, 0.29) is 33.7 Å². The first-order chi connectivity index (χ1) is 22.3. The van der Waals surface area contributed by atoms with Crippen molar-refractivity contribution >= 4 is 21.5 Å². The van der Waals surface area contributed by atoms with Crippen molar-refractivity contribution in [3.8, 4) is 6.07 Å². The van der Waals surface area contributed by atoms with Crippen LogP contribution in [-0.4, -0.2) is 63.1 Å². The number of sulfone groups is 1. The molecule has 8 nitrogen and oxygen atoms in total. The molecule has 0 bridgehead atoms. The second kappa shape index (κ2) is 13.9. The highest BCUT2D eigenvalue weighted by atomic mass is 32.2. The number of nitriles is 1. The summed E-state index contributed by atoms with van der Waals surface area (Å²) in [5.74, 6) is 0.692. The number of ether oxygens (including phenoxy) is 1. The number of nitrogens with zero attached hydrogens (tertiary/aromatic N) is 4. The molecule has 1 aromatic heterocycles. The molecule has 6 rings (SSSR count). The van der Waals surface area contributed by atoms with Crippen LogP contribution in [0.25, 0.3) is 0 Å². The van der Waals surface area contributed by atoms with Crippen LogP contribution in [0.1, 0.15) is 57.4 Å². The summed E-state index contributed by atoms with van der Waals surface area (Å²) in [5.41, 5.74) is 1.38. The maximum Gasteiger partial charge on any atom is 0.309 e. The van der Waals surface area contributed by atoms with E-state index in [1.807, 2.05) is 30.3 Å². The third kappa shape index (κ3) is 6.98. The Morgan fingerprint density at radius 1 is 0.978 bits per heavy atom. The lowest BCUT2D eigenvalue weighted by Crippen LogP contribution is -2.53. The number of anilines is 1. The van der Waals surface area contributed by atoms with Crippen molar-refractivity contribution in [3.63, 3.8) is 0 Å². The van der Waals surface area contributed by atoms with Gasteiger partial charge in [0.2, 0.25) is 9.84 Å². The van der Waals surface area contributed by atoms with Crippen molar-refractivity contribution in [2.24, 2.45) is 17.8 Å². The van der Waals surface area contributed by atoms with Crippen molar-refractivity contribution < 1.29 is 17.9 Å². The van der Waals surface area contributed by atoms with E-state index < -0.39 is 15.3 Å². The molecule has 3 aliphatic rings. The predicted octanol–water partition coefficient (Wildman–Crippen LogP) is 6.04. The normalized spacial score (nSPS) is 19.9. The molecule has 2 saturated heterocycles. The van der Waals surface area contributed by atoms with Gasteiger partial charge >= 0.3 is 5.97 Å². The number of hydrogen-bond acceptors (Lipinski definition) is 8. The van der Waals surface area contributed by atoms with Crippen LogP contribution in [-0.2, 0) is 24.8 Å². The number of hydrogen-bond donors (Lipinski definition) is 0. The molecular formula is C37H44N4O4S. The molecule has 0 N–H and O–H groups in total. The molecule has 3 aromatic rings. The minimum absolute atomic E-state index is 0.0475. The van der Waals surface area contributed by atoms with Crippen molar-refractivity contribution in [1.82, 2.24) is 9.88 Å². The fourth-order valence-corrected chi connectivity index (χ4v) is 8.53. The van der Waals surface area contributed by atoms with Gasteiger partial charge in [-0.05, 0) is 93.1 Å². The van der Waals surface area contributed by atoms with E-state index in [1.54, 1.807) is 12.1 Å². The fourth-order valence-electron chi connectivity index (χ4n) is 7.28. The van der Waals surface area contributed by atoms with Crippen molar-refractivity contribution in [3.05, 3.63) is 84.7 Å². The average Bonchev–Trinajstić information content (AvgIpc) is 3.93. The van der Waals surface area contributed by atoms with Gasteiger partial charge in [-0.1, -0.05) is 43.7 Å². The lowest BCUT2D eigenvalue weighted by atomic mass is 9.64. The molecule has 1 saturated carbocycles. The molecule has 1 aliphatic carbocycles. The van der Waals surface area contributed by atoms with Gasteiger partial charge < -0.3 is 14.5 Å². The molecule has 0 amide bonds. The van der Waals surface area contributed by atoms with Crippen LogP contribution in [0.4, 0.5) is 5.69 Å². The number of piperidine rings is 1. The van der Waals surface area contributed by atoms with Gasteiger partial charge in [0.25, 0.3) is 0 Å². The van der Waals surface area contributed by atoms with Crippen LogP contribution in [0.3, 0.4) is 0 Å². The molecular weight excluding hydrogens is 596 g/mol. The third-order valence-electron chi connectivity index (χ3n) is 10.1. The number of esters is 1. The molecule has 0 radical (unpaired) electrons. The van der Waals surface area contributed by atoms with Gasteiger partial charge in [0.15, 0.2) is 0 Å². The summed E-state index contributed by atoms with van der Waals surface area (Å²) in [5, 5.41) is 10.8. The van der Waals surface area contributed by atoms with Crippen LogP contribution in [0.5, 0.6) is 0 Å². The standard InChI is InChI=1S/C37H44N4O4S/c1-2-6-33(45-36(42)29-9-10-29)23-37(27-38,30-7-4-3-5-8-30)31-17-21-40(22-18-31)24-28-25-41(26-28)32-11-13-34(14-12-32)46(43,44)35-15-19-39-20-16-35/h3-5,7-8,11-16,19-20,28-29,31,33H,2,6,9-10,17-18,21-26H2,1H3/t33-,37?/m1/s1. The lowest BCUT2D eigenvalue weighted by Gasteiger charge is -2.46. The number of rotatable bonds is 13. The van der Waals surface area contributed by atoms with E-state index in [0.29, 0.717) is 12.3 Å². The Balaban J connectivity index is 1.05. The molecule has 2 aromatic carbocycles. The molecule has 0 spiro atoms. The average molecular weight is 641 g/mol. The Morgan fingerprint density at radius 3 is 2.24 bits per heavy atom. The summed E-state index contributed by atoms with van der Waals surface area (Å²) in [6, 6.07) is 23.1. The lowest BCUT2D eigenvalue weighted by molar-refractivity contribution is -0.152. The second-order valence-corrected chi connectivity index (χ2v) is 15.3. The van der Waals surface area contributed by atoms with Gasteiger partial charge in [-0.15, -0.1) is 0 Å². The van der Waals surface area contributed by atoms with Crippen molar-refractivity contribution in [1.29, 1.82) is 5.26 Å². The van der Waals surface area contributed by atoms with Crippen LogP contribution < -0.4 is 4.90 Å². The summed E-state index contributed by atoms with van der Waals surface area (Å²) >= 11 is 0. The Labute approximate surface area is 273 Å². The fraction of sp³-hybridized carbons (Fsp3) is 0.486. The van der Waals surface area contributed by atoms with E-state index in [9.17, 15) is 18.5 Å². The zero-order valence-corrected chi connectivity index (χ0v) is 27.4. The quantitative estimate of drug-likeness (QED) is 0.209. The van der Waals surface area contributed by atoms with Crippen LogP contribution in [0.2, 0.25) is 0 Å². The first-order valence-corrected chi connectivity index (χ1v) is 18.2. The Hall–Kier alpha value is -3.74. The molecule has 1 unspecified atom stereocenters. The van der Waals surface area contributed by atoms with Crippen LogP contribution in [0, 0.1) is 29.1 Å². The third-order valence-corrected chi connectivity index (χ3v) is 11.9. The molecule has 9 heteroatoms. The summed E-state index contributed by atoms with van der Waals surface area (Å²) in [4.78, 5) is 21.9. The molecule has 242 valence electrons. The summed E-state index contributed by atoms with van der Waals surface area (Å²) in [7, 11) is -3.56. The largest absolute Gasteiger partial charge is 0.462 e. The minimum atomic E-state index is -3.56. The van der Waals surface area contributed by atoms with E-state index in [1.165, 1.54) is 24.5 Å². The van der Waals surface area contributed by atoms with Gasteiger partial charge in [-0.3, -0.25) is 9.78 Å². The highest BCUT2D eigenvalue weighted by Crippen LogP contribution is 2.44. The molecule has 46 heavy (non-hydrogen) atoms. The zero-order chi connectivity index (χ0) is 32.1. The van der Waals surface area contributed by atoms with Crippen LogP contribution in [0.15, 0.2) is 88.9 Å². The first kappa shape index (κ1) is 32.2. The topological polar surface area (TPSA) is 104 Å². The Morgan fingerprint density at radius 2 is 1.63 bits per heavy atom. The summed E-state index contributed by atoms with van der Waals surface area (Å²) < 4.78 is 31.9. The van der Waals surface area contributed by atoms with Gasteiger partial charge in [-0.25, -0.2) is 8.42 Å². The highest BCUT2D eigenvalue weighted by Gasteiger charge is 2.45. The number of pyridine rings is 1. The maximum atomic E-state index is 12.9. The van der Waals surface area contributed by atoms with Crippen LogP contribution >= 0.6 is 0 Å². The number of likely N-dealkylation sites (tertiary alicyclic amines) is 1. The maximum absolute atomic E-state index is 12.9. The summed E-state index contributed by atoms with van der Waals surface area (Å²) in [6.07, 6.45) is 8.66. The van der Waals surface area contributed by atoms with E-state index in [2.05, 4.69) is 39.9 Å². The van der Waals surface area contributed by atoms with Crippen molar-refractivity contribution in [2.75, 3.05) is 37.6 Å². The minimum Gasteiger partial charge on any atom is -0.462 e. The molecule has 3 fully saturated rings. The molecule has 3 heterocycles. The zero-order valence-electron chi connectivity index (χ0n) is 26.6. The number of carbonyl (C=O) groups is 1. The predicted molar refractivity (Wildman–Crippen MR) is 177 cm³/mol. The second-order valence-electron chi connectivity index (χ2n) is 13.3. The van der Waals surface area contributed by atoms with E-state index >= 15 is 0 Å². The summed E-state index contributed by atoms with van der Waals surface area (Å²) in [6.45, 7) is 6.89. The molecule has 2 aliphatic heterocycles. The first-order valence-electron chi connectivity index (χ1n) is 16.7. The van der Waals surface area contributed by atoms with Gasteiger partial charge in [0.1, 0.15) is 6.10 Å². The smallest absolute Gasteiger partial charge is 0.309 e.